The molecular weight excluding hydrogens is 382 g/mol. The van der Waals surface area contributed by atoms with Gasteiger partial charge >= 0.3 is 0 Å². The van der Waals surface area contributed by atoms with Gasteiger partial charge in [-0.2, -0.15) is 0 Å². The minimum Gasteiger partial charge on any atom is -0.491 e. The number of rotatable bonds is 7. The van der Waals surface area contributed by atoms with E-state index in [1.807, 2.05) is 44.2 Å². The third-order valence-corrected chi connectivity index (χ3v) is 5.13. The number of benzene rings is 2. The monoisotopic (exact) mass is 409 g/mol. The second kappa shape index (κ2) is 9.91. The lowest BCUT2D eigenvalue weighted by Gasteiger charge is -2.17. The zero-order valence-corrected chi connectivity index (χ0v) is 17.3. The molecule has 2 aromatic carbocycles. The molecule has 2 N–H and O–H groups in total. The van der Waals surface area contributed by atoms with Crippen molar-refractivity contribution in [2.75, 3.05) is 6.54 Å². The van der Waals surface area contributed by atoms with Crippen LogP contribution in [0.2, 0.25) is 0 Å². The number of hydrogen-bond acceptors (Lipinski definition) is 4. The molecule has 2 atom stereocenters. The lowest BCUT2D eigenvalue weighted by atomic mass is 10.1. The molecule has 1 fully saturated rings. The topological polar surface area (TPSA) is 87.7 Å². The summed E-state index contributed by atoms with van der Waals surface area (Å²) in [7, 11) is 0. The predicted octanol–water partition coefficient (Wildman–Crippen LogP) is 2.67. The number of amides is 3. The average Bonchev–Trinajstić information content (AvgIpc) is 3.13. The summed E-state index contributed by atoms with van der Waals surface area (Å²) in [5.41, 5.74) is 6.27. The number of nitrogens with zero attached hydrogens (tertiary/aromatic N) is 1. The van der Waals surface area contributed by atoms with Crippen molar-refractivity contribution in [2.24, 2.45) is 5.92 Å². The van der Waals surface area contributed by atoms with Crippen LogP contribution in [0.5, 0.6) is 5.75 Å². The molecular formula is C23H27N3O4. The standard InChI is InChI=1S/C23H27N3O4/c1-3-16(2)30-20-11-9-18(10-12-20)22(28)24-25-23(29)19-13-21(27)26(15-19)14-17-7-5-4-6-8-17/h4-12,16,19H,3,13-15H2,1-2H3,(H,24,28)(H,25,29). The van der Waals surface area contributed by atoms with Crippen LogP contribution in [0.1, 0.15) is 42.6 Å². The van der Waals surface area contributed by atoms with Crippen molar-refractivity contribution < 1.29 is 19.1 Å². The van der Waals surface area contributed by atoms with E-state index in [4.69, 9.17) is 4.74 Å². The highest BCUT2D eigenvalue weighted by Gasteiger charge is 2.34. The summed E-state index contributed by atoms with van der Waals surface area (Å²) in [4.78, 5) is 38.6. The van der Waals surface area contributed by atoms with Crippen molar-refractivity contribution in [2.45, 2.75) is 39.3 Å². The zero-order valence-electron chi connectivity index (χ0n) is 17.3. The van der Waals surface area contributed by atoms with E-state index in [0.29, 0.717) is 24.4 Å². The largest absolute Gasteiger partial charge is 0.491 e. The van der Waals surface area contributed by atoms with Gasteiger partial charge in [-0.05, 0) is 43.2 Å². The van der Waals surface area contributed by atoms with E-state index in [2.05, 4.69) is 10.9 Å². The molecule has 0 saturated carbocycles. The summed E-state index contributed by atoms with van der Waals surface area (Å²) in [5, 5.41) is 0. The maximum atomic E-state index is 12.4. The highest BCUT2D eigenvalue weighted by Crippen LogP contribution is 2.20. The first-order valence-electron chi connectivity index (χ1n) is 10.1. The third kappa shape index (κ3) is 5.59. The summed E-state index contributed by atoms with van der Waals surface area (Å²) < 4.78 is 5.69. The summed E-state index contributed by atoms with van der Waals surface area (Å²) in [6.45, 7) is 4.82. The molecule has 2 aromatic rings. The Kier molecular flexibility index (Phi) is 7.06. The molecule has 1 saturated heterocycles. The average molecular weight is 409 g/mol. The highest BCUT2D eigenvalue weighted by molar-refractivity contribution is 5.96. The van der Waals surface area contributed by atoms with Crippen LogP contribution < -0.4 is 15.6 Å². The molecule has 7 nitrogen and oxygen atoms in total. The normalized spacial score (nSPS) is 16.8. The van der Waals surface area contributed by atoms with E-state index >= 15 is 0 Å². The predicted molar refractivity (Wildman–Crippen MR) is 112 cm³/mol. The first-order chi connectivity index (χ1) is 14.5. The molecule has 0 aromatic heterocycles. The quantitative estimate of drug-likeness (QED) is 0.689. The molecule has 3 rings (SSSR count). The Labute approximate surface area is 176 Å². The van der Waals surface area contributed by atoms with Crippen molar-refractivity contribution in [3.63, 3.8) is 0 Å². The number of hydrazine groups is 1. The Morgan fingerprint density at radius 2 is 1.80 bits per heavy atom. The van der Waals surface area contributed by atoms with Crippen molar-refractivity contribution in [1.29, 1.82) is 0 Å². The first-order valence-corrected chi connectivity index (χ1v) is 10.1. The fourth-order valence-corrected chi connectivity index (χ4v) is 3.20. The molecule has 0 bridgehead atoms. The van der Waals surface area contributed by atoms with Gasteiger partial charge in [0.15, 0.2) is 0 Å². The Hall–Kier alpha value is -3.35. The van der Waals surface area contributed by atoms with Crippen molar-refractivity contribution >= 4 is 17.7 Å². The van der Waals surface area contributed by atoms with Gasteiger partial charge in [-0.1, -0.05) is 37.3 Å². The fourth-order valence-electron chi connectivity index (χ4n) is 3.20. The number of carbonyl (C=O) groups is 3. The van der Waals surface area contributed by atoms with Gasteiger partial charge in [-0.25, -0.2) is 0 Å². The minimum absolute atomic E-state index is 0.0674. The van der Waals surface area contributed by atoms with Crippen LogP contribution >= 0.6 is 0 Å². The summed E-state index contributed by atoms with van der Waals surface area (Å²) in [5.74, 6) is -0.671. The van der Waals surface area contributed by atoms with Crippen LogP contribution in [-0.2, 0) is 16.1 Å². The first kappa shape index (κ1) is 21.4. The smallest absolute Gasteiger partial charge is 0.269 e. The molecule has 0 aliphatic carbocycles. The van der Waals surface area contributed by atoms with Crippen LogP contribution in [0.15, 0.2) is 54.6 Å². The molecule has 2 unspecified atom stereocenters. The molecule has 1 aliphatic heterocycles. The molecule has 0 radical (unpaired) electrons. The number of hydrogen-bond donors (Lipinski definition) is 2. The number of ether oxygens (including phenoxy) is 1. The fraction of sp³-hybridized carbons (Fsp3) is 0.348. The van der Waals surface area contributed by atoms with Gasteiger partial charge in [-0.15, -0.1) is 0 Å². The molecule has 7 heteroatoms. The van der Waals surface area contributed by atoms with Gasteiger partial charge in [0.1, 0.15) is 5.75 Å². The Morgan fingerprint density at radius 1 is 1.10 bits per heavy atom. The van der Waals surface area contributed by atoms with Crippen LogP contribution in [0, 0.1) is 5.92 Å². The van der Waals surface area contributed by atoms with E-state index in [9.17, 15) is 14.4 Å². The molecule has 0 spiro atoms. The second-order valence-corrected chi connectivity index (χ2v) is 7.47. The van der Waals surface area contributed by atoms with Gasteiger partial charge in [0, 0.05) is 25.1 Å². The van der Waals surface area contributed by atoms with Crippen LogP contribution in [0.4, 0.5) is 0 Å². The van der Waals surface area contributed by atoms with E-state index in [0.717, 1.165) is 12.0 Å². The lowest BCUT2D eigenvalue weighted by molar-refractivity contribution is -0.129. The Morgan fingerprint density at radius 3 is 2.47 bits per heavy atom. The maximum Gasteiger partial charge on any atom is 0.269 e. The van der Waals surface area contributed by atoms with Crippen LogP contribution in [0.25, 0.3) is 0 Å². The van der Waals surface area contributed by atoms with E-state index in [-0.39, 0.29) is 24.3 Å². The SMILES string of the molecule is CCC(C)Oc1ccc(C(=O)NNC(=O)C2CC(=O)N(Cc3ccccc3)C2)cc1. The van der Waals surface area contributed by atoms with Crippen LogP contribution in [-0.4, -0.2) is 35.3 Å². The molecule has 30 heavy (non-hydrogen) atoms. The zero-order chi connectivity index (χ0) is 21.5. The second-order valence-electron chi connectivity index (χ2n) is 7.47. The molecule has 1 aliphatic rings. The number of nitrogens with one attached hydrogen (secondary N) is 2. The molecule has 1 heterocycles. The van der Waals surface area contributed by atoms with Gasteiger partial charge in [-0.3, -0.25) is 25.2 Å². The summed E-state index contributed by atoms with van der Waals surface area (Å²) in [6.07, 6.45) is 1.12. The Balaban J connectivity index is 1.48. The van der Waals surface area contributed by atoms with Gasteiger partial charge in [0.2, 0.25) is 11.8 Å². The number of carbonyl (C=O) groups excluding carboxylic acids is 3. The van der Waals surface area contributed by atoms with E-state index < -0.39 is 11.8 Å². The van der Waals surface area contributed by atoms with Crippen molar-refractivity contribution in [1.82, 2.24) is 15.8 Å². The highest BCUT2D eigenvalue weighted by atomic mass is 16.5. The van der Waals surface area contributed by atoms with Gasteiger partial charge in [0.25, 0.3) is 5.91 Å². The van der Waals surface area contributed by atoms with Crippen molar-refractivity contribution in [3.8, 4) is 5.75 Å². The van der Waals surface area contributed by atoms with E-state index in [1.165, 1.54) is 0 Å². The third-order valence-electron chi connectivity index (χ3n) is 5.13. The number of likely N-dealkylation sites (tertiary alicyclic amines) is 1. The summed E-state index contributed by atoms with van der Waals surface area (Å²) in [6, 6.07) is 16.4. The lowest BCUT2D eigenvalue weighted by Crippen LogP contribution is -2.45. The Bertz CT molecular complexity index is 883. The minimum atomic E-state index is -0.493. The van der Waals surface area contributed by atoms with Crippen molar-refractivity contribution in [3.05, 3.63) is 65.7 Å². The molecule has 3 amide bonds. The van der Waals surface area contributed by atoms with Gasteiger partial charge < -0.3 is 9.64 Å². The van der Waals surface area contributed by atoms with Crippen LogP contribution in [0.3, 0.4) is 0 Å². The van der Waals surface area contributed by atoms with Gasteiger partial charge in [0.05, 0.1) is 12.0 Å². The summed E-state index contributed by atoms with van der Waals surface area (Å²) >= 11 is 0. The van der Waals surface area contributed by atoms with E-state index in [1.54, 1.807) is 29.2 Å². The molecule has 158 valence electrons. The maximum absolute atomic E-state index is 12.4.